The number of rotatable bonds is 9. The standard InChI is InChI=1S/C15H28BrNO2/c1-4-13(5-2)17(8-7-16)15(18)11-12-9-14(10-12)19-6-3/h12-14H,4-11H2,1-3H3. The number of carbonyl (C=O) groups is 1. The summed E-state index contributed by atoms with van der Waals surface area (Å²) in [4.78, 5) is 14.5. The van der Waals surface area contributed by atoms with Crippen molar-refractivity contribution in [3.05, 3.63) is 0 Å². The topological polar surface area (TPSA) is 29.5 Å². The van der Waals surface area contributed by atoms with Crippen molar-refractivity contribution >= 4 is 21.8 Å². The Hall–Kier alpha value is -0.0900. The molecule has 0 bridgehead atoms. The minimum atomic E-state index is 0.327. The predicted molar refractivity (Wildman–Crippen MR) is 82.6 cm³/mol. The molecule has 1 aliphatic carbocycles. The second kappa shape index (κ2) is 8.96. The number of amides is 1. The van der Waals surface area contributed by atoms with Crippen molar-refractivity contribution in [3.8, 4) is 0 Å². The zero-order chi connectivity index (χ0) is 14.3. The lowest BCUT2D eigenvalue weighted by Gasteiger charge is -2.37. The van der Waals surface area contributed by atoms with Crippen LogP contribution >= 0.6 is 15.9 Å². The van der Waals surface area contributed by atoms with E-state index < -0.39 is 0 Å². The van der Waals surface area contributed by atoms with E-state index in [1.807, 2.05) is 6.92 Å². The van der Waals surface area contributed by atoms with Gasteiger partial charge >= 0.3 is 0 Å². The Balaban J connectivity index is 2.40. The third-order valence-electron chi connectivity index (χ3n) is 4.09. The summed E-state index contributed by atoms with van der Waals surface area (Å²) in [5, 5.41) is 0.863. The first-order chi connectivity index (χ1) is 9.15. The van der Waals surface area contributed by atoms with E-state index in [4.69, 9.17) is 4.74 Å². The monoisotopic (exact) mass is 333 g/mol. The van der Waals surface area contributed by atoms with E-state index in [1.165, 1.54) is 0 Å². The van der Waals surface area contributed by atoms with Crippen molar-refractivity contribution in [2.24, 2.45) is 5.92 Å². The van der Waals surface area contributed by atoms with E-state index in [1.54, 1.807) is 0 Å². The first-order valence-electron chi connectivity index (χ1n) is 7.63. The molecule has 112 valence electrons. The molecule has 0 saturated heterocycles. The maximum absolute atomic E-state index is 12.4. The number of carbonyl (C=O) groups excluding carboxylic acids is 1. The second-order valence-corrected chi connectivity index (χ2v) is 6.16. The number of alkyl halides is 1. The third-order valence-corrected chi connectivity index (χ3v) is 4.44. The van der Waals surface area contributed by atoms with Crippen LogP contribution in [0.1, 0.15) is 52.9 Å². The molecule has 0 unspecified atom stereocenters. The van der Waals surface area contributed by atoms with Crippen LogP contribution in [0.2, 0.25) is 0 Å². The molecule has 1 saturated carbocycles. The van der Waals surface area contributed by atoms with Crippen molar-refractivity contribution in [3.63, 3.8) is 0 Å². The lowest BCUT2D eigenvalue weighted by Crippen LogP contribution is -2.43. The lowest BCUT2D eigenvalue weighted by molar-refractivity contribution is -0.136. The van der Waals surface area contributed by atoms with Crippen molar-refractivity contribution in [1.29, 1.82) is 0 Å². The van der Waals surface area contributed by atoms with Gasteiger partial charge in [0.15, 0.2) is 0 Å². The molecule has 0 spiro atoms. The van der Waals surface area contributed by atoms with Crippen LogP contribution in [0.5, 0.6) is 0 Å². The number of hydrogen-bond donors (Lipinski definition) is 0. The molecule has 0 radical (unpaired) electrons. The summed E-state index contributed by atoms with van der Waals surface area (Å²) in [5.74, 6) is 0.865. The lowest BCUT2D eigenvalue weighted by atomic mass is 9.79. The van der Waals surface area contributed by atoms with Crippen molar-refractivity contribution < 1.29 is 9.53 Å². The fraction of sp³-hybridized carbons (Fsp3) is 0.933. The van der Waals surface area contributed by atoms with Gasteiger partial charge in [-0.25, -0.2) is 0 Å². The first kappa shape index (κ1) is 17.0. The minimum absolute atomic E-state index is 0.327. The van der Waals surface area contributed by atoms with E-state index in [9.17, 15) is 4.79 Å². The maximum Gasteiger partial charge on any atom is 0.223 e. The van der Waals surface area contributed by atoms with Crippen LogP contribution < -0.4 is 0 Å². The Morgan fingerprint density at radius 1 is 1.32 bits per heavy atom. The summed E-state index contributed by atoms with van der Waals surface area (Å²) in [5.41, 5.74) is 0. The van der Waals surface area contributed by atoms with Gasteiger partial charge in [-0.1, -0.05) is 29.8 Å². The summed E-state index contributed by atoms with van der Waals surface area (Å²) in [6, 6.07) is 0.396. The molecule has 0 atom stereocenters. The highest BCUT2D eigenvalue weighted by atomic mass is 79.9. The second-order valence-electron chi connectivity index (χ2n) is 5.37. The molecular weight excluding hydrogens is 306 g/mol. The molecular formula is C15H28BrNO2. The number of hydrogen-bond acceptors (Lipinski definition) is 2. The molecule has 3 nitrogen and oxygen atoms in total. The highest BCUT2D eigenvalue weighted by Crippen LogP contribution is 2.33. The van der Waals surface area contributed by atoms with Crippen molar-refractivity contribution in [2.75, 3.05) is 18.5 Å². The number of ether oxygens (including phenoxy) is 1. The Labute approximate surface area is 126 Å². The summed E-state index contributed by atoms with van der Waals surface area (Å²) in [7, 11) is 0. The predicted octanol–water partition coefficient (Wildman–Crippen LogP) is 3.60. The zero-order valence-electron chi connectivity index (χ0n) is 12.5. The molecule has 4 heteroatoms. The normalized spacial score (nSPS) is 22.4. The van der Waals surface area contributed by atoms with Gasteiger partial charge in [-0.3, -0.25) is 4.79 Å². The van der Waals surface area contributed by atoms with Gasteiger partial charge in [0.1, 0.15) is 0 Å². The van der Waals surface area contributed by atoms with Crippen LogP contribution in [0.15, 0.2) is 0 Å². The van der Waals surface area contributed by atoms with E-state index >= 15 is 0 Å². The van der Waals surface area contributed by atoms with Crippen molar-refractivity contribution in [2.45, 2.75) is 65.0 Å². The van der Waals surface area contributed by atoms with Gasteiger partial charge in [-0.15, -0.1) is 0 Å². The van der Waals surface area contributed by atoms with Gasteiger partial charge in [-0.05, 0) is 38.5 Å². The first-order valence-corrected chi connectivity index (χ1v) is 8.75. The smallest absolute Gasteiger partial charge is 0.223 e. The Morgan fingerprint density at radius 2 is 1.95 bits per heavy atom. The Kier molecular flexibility index (Phi) is 8.00. The summed E-state index contributed by atoms with van der Waals surface area (Å²) in [6.07, 6.45) is 5.31. The molecule has 0 N–H and O–H groups in total. The molecule has 0 heterocycles. The van der Waals surface area contributed by atoms with Crippen molar-refractivity contribution in [1.82, 2.24) is 4.90 Å². The van der Waals surface area contributed by atoms with Gasteiger partial charge in [-0.2, -0.15) is 0 Å². The van der Waals surface area contributed by atoms with E-state index in [0.29, 0.717) is 30.4 Å². The van der Waals surface area contributed by atoms with E-state index in [2.05, 4.69) is 34.7 Å². The quantitative estimate of drug-likeness (QED) is 0.603. The highest BCUT2D eigenvalue weighted by molar-refractivity contribution is 9.09. The molecule has 19 heavy (non-hydrogen) atoms. The largest absolute Gasteiger partial charge is 0.378 e. The van der Waals surface area contributed by atoms with Crippen LogP contribution in [0.3, 0.4) is 0 Å². The van der Waals surface area contributed by atoms with E-state index in [-0.39, 0.29) is 0 Å². The Bertz CT molecular complexity index is 263. The highest BCUT2D eigenvalue weighted by Gasteiger charge is 2.33. The van der Waals surface area contributed by atoms with Crippen LogP contribution in [0.4, 0.5) is 0 Å². The fourth-order valence-electron chi connectivity index (χ4n) is 2.91. The summed E-state index contributed by atoms with van der Waals surface area (Å²) >= 11 is 3.46. The fourth-order valence-corrected chi connectivity index (χ4v) is 3.29. The van der Waals surface area contributed by atoms with Crippen LogP contribution in [0, 0.1) is 5.92 Å². The Morgan fingerprint density at radius 3 is 2.42 bits per heavy atom. The molecule has 1 rings (SSSR count). The van der Waals surface area contributed by atoms with Gasteiger partial charge in [0.2, 0.25) is 5.91 Å². The van der Waals surface area contributed by atoms with Crippen LogP contribution in [-0.4, -0.2) is 41.4 Å². The van der Waals surface area contributed by atoms with Gasteiger partial charge in [0, 0.05) is 30.9 Å². The van der Waals surface area contributed by atoms with Crippen LogP contribution in [0.25, 0.3) is 0 Å². The van der Waals surface area contributed by atoms with E-state index in [0.717, 1.165) is 44.2 Å². The summed E-state index contributed by atoms with van der Waals surface area (Å²) < 4.78 is 5.55. The average Bonchev–Trinajstić information content (AvgIpc) is 2.36. The molecule has 0 aliphatic heterocycles. The number of halogens is 1. The average molecular weight is 334 g/mol. The van der Waals surface area contributed by atoms with Crippen LogP contribution in [-0.2, 0) is 9.53 Å². The summed E-state index contributed by atoms with van der Waals surface area (Å²) in [6.45, 7) is 7.97. The molecule has 0 aromatic carbocycles. The minimum Gasteiger partial charge on any atom is -0.378 e. The SMILES string of the molecule is CCOC1CC(CC(=O)N(CCBr)C(CC)CC)C1. The molecule has 1 aliphatic rings. The molecule has 1 fully saturated rings. The zero-order valence-corrected chi connectivity index (χ0v) is 14.1. The third kappa shape index (κ3) is 5.07. The van der Waals surface area contributed by atoms with Gasteiger partial charge in [0.25, 0.3) is 0 Å². The molecule has 1 amide bonds. The molecule has 0 aromatic heterocycles. The van der Waals surface area contributed by atoms with Gasteiger partial charge in [0.05, 0.1) is 6.10 Å². The number of nitrogens with zero attached hydrogens (tertiary/aromatic N) is 1. The maximum atomic E-state index is 12.4. The van der Waals surface area contributed by atoms with Gasteiger partial charge < -0.3 is 9.64 Å². The molecule has 0 aromatic rings.